The highest BCUT2D eigenvalue weighted by Crippen LogP contribution is 2.29. The van der Waals surface area contributed by atoms with Gasteiger partial charge < -0.3 is 4.90 Å². The standard InChI is InChI=1S/C19H30N2/c1-20(16-13-17-9-3-2-4-10-17)18-11-5-6-12-19(18)21-14-7-8-15-21/h2-4,9-10,18-19H,5-8,11-16H2,1H3/t18-,19+/m0/s1. The van der Waals surface area contributed by atoms with E-state index >= 15 is 0 Å². The summed E-state index contributed by atoms with van der Waals surface area (Å²) in [5.74, 6) is 0. The number of benzene rings is 1. The van der Waals surface area contributed by atoms with E-state index in [0.29, 0.717) is 0 Å². The van der Waals surface area contributed by atoms with Gasteiger partial charge in [-0.1, -0.05) is 43.2 Å². The van der Waals surface area contributed by atoms with E-state index in [2.05, 4.69) is 47.2 Å². The summed E-state index contributed by atoms with van der Waals surface area (Å²) in [6, 6.07) is 12.5. The normalized spacial score (nSPS) is 27.3. The van der Waals surface area contributed by atoms with Crippen molar-refractivity contribution in [2.75, 3.05) is 26.7 Å². The Morgan fingerprint density at radius 1 is 1.00 bits per heavy atom. The summed E-state index contributed by atoms with van der Waals surface area (Å²) in [7, 11) is 2.35. The number of likely N-dealkylation sites (N-methyl/N-ethyl adjacent to an activating group) is 1. The van der Waals surface area contributed by atoms with Gasteiger partial charge in [-0.2, -0.15) is 0 Å². The van der Waals surface area contributed by atoms with Crippen molar-refractivity contribution >= 4 is 0 Å². The second kappa shape index (κ2) is 7.42. The van der Waals surface area contributed by atoms with Crippen LogP contribution in [-0.4, -0.2) is 48.6 Å². The van der Waals surface area contributed by atoms with Gasteiger partial charge in [-0.25, -0.2) is 0 Å². The van der Waals surface area contributed by atoms with Crippen LogP contribution in [-0.2, 0) is 6.42 Å². The summed E-state index contributed by atoms with van der Waals surface area (Å²) in [4.78, 5) is 5.43. The number of hydrogen-bond acceptors (Lipinski definition) is 2. The average Bonchev–Trinajstić information content (AvgIpc) is 3.08. The smallest absolute Gasteiger partial charge is 0.0251 e. The van der Waals surface area contributed by atoms with Gasteiger partial charge >= 0.3 is 0 Å². The Hall–Kier alpha value is -0.860. The minimum absolute atomic E-state index is 0.778. The molecule has 0 aromatic heterocycles. The average molecular weight is 286 g/mol. The summed E-state index contributed by atoms with van der Waals surface area (Å²) in [6.07, 6.45) is 9.68. The van der Waals surface area contributed by atoms with Gasteiger partial charge in [0.2, 0.25) is 0 Å². The molecule has 3 rings (SSSR count). The molecular formula is C19H30N2. The van der Waals surface area contributed by atoms with Gasteiger partial charge in [0.15, 0.2) is 0 Å². The Morgan fingerprint density at radius 2 is 1.71 bits per heavy atom. The van der Waals surface area contributed by atoms with Crippen LogP contribution in [0.2, 0.25) is 0 Å². The summed E-state index contributed by atoms with van der Waals surface area (Å²) < 4.78 is 0. The summed E-state index contributed by atoms with van der Waals surface area (Å²) in [6.45, 7) is 3.88. The van der Waals surface area contributed by atoms with Gasteiger partial charge in [-0.15, -0.1) is 0 Å². The molecule has 1 aromatic rings. The predicted molar refractivity (Wildman–Crippen MR) is 89.6 cm³/mol. The van der Waals surface area contributed by atoms with E-state index in [4.69, 9.17) is 0 Å². The molecule has 0 spiro atoms. The van der Waals surface area contributed by atoms with Gasteiger partial charge in [0, 0.05) is 18.6 Å². The zero-order valence-electron chi connectivity index (χ0n) is 13.5. The Kier molecular flexibility index (Phi) is 5.32. The van der Waals surface area contributed by atoms with Crippen molar-refractivity contribution in [1.82, 2.24) is 9.80 Å². The molecular weight excluding hydrogens is 256 g/mol. The van der Waals surface area contributed by atoms with Crippen molar-refractivity contribution in [3.63, 3.8) is 0 Å². The van der Waals surface area contributed by atoms with Gasteiger partial charge in [0.1, 0.15) is 0 Å². The molecule has 1 aliphatic heterocycles. The van der Waals surface area contributed by atoms with E-state index in [1.54, 1.807) is 0 Å². The number of nitrogens with zero attached hydrogens (tertiary/aromatic N) is 2. The molecule has 1 heterocycles. The van der Waals surface area contributed by atoms with Crippen molar-refractivity contribution in [1.29, 1.82) is 0 Å². The van der Waals surface area contributed by atoms with Crippen LogP contribution in [0.15, 0.2) is 30.3 Å². The van der Waals surface area contributed by atoms with Gasteiger partial charge in [0.25, 0.3) is 0 Å². The molecule has 0 amide bonds. The third-order valence-corrected chi connectivity index (χ3v) is 5.47. The first-order valence-corrected chi connectivity index (χ1v) is 8.83. The first-order chi connectivity index (χ1) is 10.3. The van der Waals surface area contributed by atoms with Crippen LogP contribution in [0.1, 0.15) is 44.1 Å². The maximum absolute atomic E-state index is 2.78. The molecule has 2 fully saturated rings. The van der Waals surface area contributed by atoms with E-state index < -0.39 is 0 Å². The zero-order chi connectivity index (χ0) is 14.5. The third-order valence-electron chi connectivity index (χ3n) is 5.47. The van der Waals surface area contributed by atoms with Crippen molar-refractivity contribution in [2.45, 2.75) is 57.0 Å². The second-order valence-corrected chi connectivity index (χ2v) is 6.88. The second-order valence-electron chi connectivity index (χ2n) is 6.88. The highest BCUT2D eigenvalue weighted by molar-refractivity contribution is 5.14. The van der Waals surface area contributed by atoms with E-state index in [-0.39, 0.29) is 0 Å². The summed E-state index contributed by atoms with van der Waals surface area (Å²) in [5, 5.41) is 0. The molecule has 1 aliphatic carbocycles. The first-order valence-electron chi connectivity index (χ1n) is 8.83. The van der Waals surface area contributed by atoms with Crippen LogP contribution in [0, 0.1) is 0 Å². The molecule has 2 atom stereocenters. The lowest BCUT2D eigenvalue weighted by Crippen LogP contribution is -2.51. The molecule has 2 aliphatic rings. The molecule has 1 saturated heterocycles. The fourth-order valence-electron chi connectivity index (χ4n) is 4.22. The molecule has 2 nitrogen and oxygen atoms in total. The lowest BCUT2D eigenvalue weighted by molar-refractivity contribution is 0.0771. The Labute approximate surface area is 130 Å². The fraction of sp³-hybridized carbons (Fsp3) is 0.684. The molecule has 0 unspecified atom stereocenters. The molecule has 0 N–H and O–H groups in total. The van der Waals surface area contributed by atoms with Gasteiger partial charge in [-0.3, -0.25) is 4.90 Å². The van der Waals surface area contributed by atoms with Crippen LogP contribution in [0.4, 0.5) is 0 Å². The molecule has 1 saturated carbocycles. The predicted octanol–water partition coefficient (Wildman–Crippen LogP) is 3.57. The molecule has 0 radical (unpaired) electrons. The van der Waals surface area contributed by atoms with Crippen molar-refractivity contribution in [2.24, 2.45) is 0 Å². The molecule has 0 bridgehead atoms. The lowest BCUT2D eigenvalue weighted by Gasteiger charge is -2.42. The zero-order valence-corrected chi connectivity index (χ0v) is 13.5. The van der Waals surface area contributed by atoms with E-state index in [0.717, 1.165) is 12.1 Å². The Bertz CT molecular complexity index is 411. The summed E-state index contributed by atoms with van der Waals surface area (Å²) >= 11 is 0. The number of rotatable bonds is 5. The van der Waals surface area contributed by atoms with E-state index in [9.17, 15) is 0 Å². The third kappa shape index (κ3) is 3.87. The van der Waals surface area contributed by atoms with Crippen LogP contribution >= 0.6 is 0 Å². The van der Waals surface area contributed by atoms with E-state index in [1.165, 1.54) is 70.1 Å². The fourth-order valence-corrected chi connectivity index (χ4v) is 4.22. The van der Waals surface area contributed by atoms with Crippen LogP contribution < -0.4 is 0 Å². The minimum atomic E-state index is 0.778. The molecule has 2 heteroatoms. The monoisotopic (exact) mass is 286 g/mol. The highest BCUT2D eigenvalue weighted by Gasteiger charge is 2.33. The van der Waals surface area contributed by atoms with Gasteiger partial charge in [0.05, 0.1) is 0 Å². The molecule has 1 aromatic carbocycles. The van der Waals surface area contributed by atoms with Crippen molar-refractivity contribution in [3.05, 3.63) is 35.9 Å². The van der Waals surface area contributed by atoms with Crippen molar-refractivity contribution in [3.8, 4) is 0 Å². The summed E-state index contributed by atoms with van der Waals surface area (Å²) in [5.41, 5.74) is 1.47. The quantitative estimate of drug-likeness (QED) is 0.816. The number of likely N-dealkylation sites (tertiary alicyclic amines) is 1. The topological polar surface area (TPSA) is 6.48 Å². The first kappa shape index (κ1) is 15.1. The van der Waals surface area contributed by atoms with Crippen LogP contribution in [0.5, 0.6) is 0 Å². The lowest BCUT2D eigenvalue weighted by atomic mass is 9.88. The van der Waals surface area contributed by atoms with E-state index in [1.807, 2.05) is 0 Å². The number of hydrogen-bond donors (Lipinski definition) is 0. The Balaban J connectivity index is 1.57. The maximum Gasteiger partial charge on any atom is 0.0251 e. The minimum Gasteiger partial charge on any atom is -0.302 e. The largest absolute Gasteiger partial charge is 0.302 e. The SMILES string of the molecule is CN(CCc1ccccc1)[C@H]1CCCC[C@H]1N1CCCC1. The molecule has 21 heavy (non-hydrogen) atoms. The van der Waals surface area contributed by atoms with Gasteiger partial charge in [-0.05, 0) is 57.8 Å². The highest BCUT2D eigenvalue weighted by atomic mass is 15.2. The Morgan fingerprint density at radius 3 is 2.48 bits per heavy atom. The van der Waals surface area contributed by atoms with Crippen molar-refractivity contribution < 1.29 is 0 Å². The maximum atomic E-state index is 2.78. The van der Waals surface area contributed by atoms with Crippen LogP contribution in [0.3, 0.4) is 0 Å². The van der Waals surface area contributed by atoms with Crippen LogP contribution in [0.25, 0.3) is 0 Å². The molecule has 116 valence electrons.